The minimum atomic E-state index is -3.77. The number of nitrogens with two attached hydrogens (primary N) is 1. The van der Waals surface area contributed by atoms with Crippen molar-refractivity contribution in [1.29, 1.82) is 0 Å². The number of nitrogens with one attached hydrogen (secondary N) is 2. The maximum absolute atomic E-state index is 11.7. The van der Waals surface area contributed by atoms with E-state index in [-0.39, 0.29) is 17.0 Å². The Bertz CT molecular complexity index is 594. The van der Waals surface area contributed by atoms with Crippen LogP contribution in [0.25, 0.3) is 0 Å². The van der Waals surface area contributed by atoms with Gasteiger partial charge in [-0.1, -0.05) is 6.07 Å². The number of sulfonamides is 1. The van der Waals surface area contributed by atoms with Crippen LogP contribution in [-0.4, -0.2) is 20.5 Å². The lowest BCUT2D eigenvalue weighted by Crippen LogP contribution is -2.41. The number of amides is 2. The van der Waals surface area contributed by atoms with Gasteiger partial charge < -0.3 is 10.6 Å². The standard InChI is InChI=1S/C12H17N3O3S/c1-8-5-6-10(19(13,17)18)7-11(8)15-12(16)14-9-3-2-4-9/h5-7,9H,2-4H2,1H3,(H2,13,17,18)(H2,14,15,16). The zero-order valence-corrected chi connectivity index (χ0v) is 11.5. The molecule has 0 aliphatic heterocycles. The lowest BCUT2D eigenvalue weighted by atomic mass is 9.93. The average Bonchev–Trinajstić information content (AvgIpc) is 2.25. The van der Waals surface area contributed by atoms with Gasteiger partial charge in [0.2, 0.25) is 10.0 Å². The van der Waals surface area contributed by atoms with Crippen LogP contribution >= 0.6 is 0 Å². The molecular weight excluding hydrogens is 266 g/mol. The minimum Gasteiger partial charge on any atom is -0.335 e. The topological polar surface area (TPSA) is 101 Å². The highest BCUT2D eigenvalue weighted by Crippen LogP contribution is 2.21. The molecule has 6 nitrogen and oxygen atoms in total. The molecule has 1 fully saturated rings. The van der Waals surface area contributed by atoms with Crippen LogP contribution in [0.4, 0.5) is 10.5 Å². The number of hydrogen-bond donors (Lipinski definition) is 3. The van der Waals surface area contributed by atoms with Gasteiger partial charge in [0.15, 0.2) is 0 Å². The number of rotatable bonds is 3. The first kappa shape index (κ1) is 13.8. The molecule has 0 spiro atoms. The van der Waals surface area contributed by atoms with Gasteiger partial charge in [-0.05, 0) is 43.9 Å². The smallest absolute Gasteiger partial charge is 0.319 e. The van der Waals surface area contributed by atoms with E-state index in [4.69, 9.17) is 5.14 Å². The molecule has 2 amide bonds. The number of primary sulfonamides is 1. The summed E-state index contributed by atoms with van der Waals surface area (Å²) >= 11 is 0. The molecule has 4 N–H and O–H groups in total. The number of carbonyl (C=O) groups excluding carboxylic acids is 1. The third kappa shape index (κ3) is 3.45. The highest BCUT2D eigenvalue weighted by molar-refractivity contribution is 7.89. The summed E-state index contributed by atoms with van der Waals surface area (Å²) in [5.41, 5.74) is 1.22. The number of urea groups is 1. The Morgan fingerprint density at radius 1 is 1.37 bits per heavy atom. The van der Waals surface area contributed by atoms with Crippen LogP contribution in [0.3, 0.4) is 0 Å². The molecule has 7 heteroatoms. The molecule has 2 rings (SSSR count). The Hall–Kier alpha value is -1.60. The van der Waals surface area contributed by atoms with Crippen molar-refractivity contribution in [1.82, 2.24) is 5.32 Å². The third-order valence-corrected chi connectivity index (χ3v) is 4.14. The number of benzene rings is 1. The zero-order valence-electron chi connectivity index (χ0n) is 10.6. The summed E-state index contributed by atoms with van der Waals surface area (Å²) < 4.78 is 22.5. The van der Waals surface area contributed by atoms with Gasteiger partial charge >= 0.3 is 6.03 Å². The fraction of sp³-hybridized carbons (Fsp3) is 0.417. The summed E-state index contributed by atoms with van der Waals surface area (Å²) in [6, 6.07) is 4.30. The van der Waals surface area contributed by atoms with Crippen molar-refractivity contribution < 1.29 is 13.2 Å². The van der Waals surface area contributed by atoms with Crippen LogP contribution in [0.2, 0.25) is 0 Å². The van der Waals surface area contributed by atoms with Gasteiger partial charge in [0.1, 0.15) is 0 Å². The van der Waals surface area contributed by atoms with Crippen molar-refractivity contribution in [2.24, 2.45) is 5.14 Å². The van der Waals surface area contributed by atoms with Crippen LogP contribution in [-0.2, 0) is 10.0 Å². The molecule has 0 heterocycles. The molecule has 1 aromatic carbocycles. The fourth-order valence-electron chi connectivity index (χ4n) is 1.81. The van der Waals surface area contributed by atoms with E-state index in [1.54, 1.807) is 13.0 Å². The van der Waals surface area contributed by atoms with Crippen molar-refractivity contribution in [2.45, 2.75) is 37.1 Å². The lowest BCUT2D eigenvalue weighted by molar-refractivity contribution is 0.240. The average molecular weight is 283 g/mol. The van der Waals surface area contributed by atoms with Gasteiger partial charge in [-0.25, -0.2) is 18.4 Å². The summed E-state index contributed by atoms with van der Waals surface area (Å²) in [6.45, 7) is 1.78. The lowest BCUT2D eigenvalue weighted by Gasteiger charge is -2.26. The molecular formula is C12H17N3O3S. The van der Waals surface area contributed by atoms with Gasteiger partial charge in [-0.2, -0.15) is 0 Å². The van der Waals surface area contributed by atoms with Crippen molar-refractivity contribution in [2.75, 3.05) is 5.32 Å². The van der Waals surface area contributed by atoms with E-state index in [9.17, 15) is 13.2 Å². The second kappa shape index (κ2) is 5.18. The Balaban J connectivity index is 2.12. The Morgan fingerprint density at radius 3 is 2.58 bits per heavy atom. The molecule has 1 saturated carbocycles. The van der Waals surface area contributed by atoms with Crippen LogP contribution in [0.15, 0.2) is 23.1 Å². The van der Waals surface area contributed by atoms with E-state index < -0.39 is 10.0 Å². The van der Waals surface area contributed by atoms with Crippen molar-refractivity contribution >= 4 is 21.7 Å². The number of aryl methyl sites for hydroxylation is 1. The quantitative estimate of drug-likeness (QED) is 0.779. The predicted octanol–water partition coefficient (Wildman–Crippen LogP) is 1.32. The highest BCUT2D eigenvalue weighted by atomic mass is 32.2. The molecule has 1 aliphatic carbocycles. The maximum Gasteiger partial charge on any atom is 0.319 e. The molecule has 1 aliphatic rings. The van der Waals surface area contributed by atoms with Gasteiger partial charge in [-0.15, -0.1) is 0 Å². The number of carbonyl (C=O) groups is 1. The van der Waals surface area contributed by atoms with Crippen LogP contribution in [0, 0.1) is 6.92 Å². The van der Waals surface area contributed by atoms with Gasteiger partial charge in [-0.3, -0.25) is 0 Å². The second-order valence-corrected chi connectivity index (χ2v) is 6.31. The first-order valence-electron chi connectivity index (χ1n) is 6.07. The second-order valence-electron chi connectivity index (χ2n) is 4.75. The molecule has 0 unspecified atom stereocenters. The zero-order chi connectivity index (χ0) is 14.0. The highest BCUT2D eigenvalue weighted by Gasteiger charge is 2.19. The maximum atomic E-state index is 11.7. The molecule has 104 valence electrons. The van der Waals surface area contributed by atoms with Crippen molar-refractivity contribution in [3.63, 3.8) is 0 Å². The molecule has 0 bridgehead atoms. The largest absolute Gasteiger partial charge is 0.335 e. The first-order valence-corrected chi connectivity index (χ1v) is 7.62. The Labute approximate surface area is 112 Å². The van der Waals surface area contributed by atoms with Gasteiger partial charge in [0.25, 0.3) is 0 Å². The molecule has 19 heavy (non-hydrogen) atoms. The summed E-state index contributed by atoms with van der Waals surface area (Å²) in [6.07, 6.45) is 3.11. The first-order chi connectivity index (χ1) is 8.86. The van der Waals surface area contributed by atoms with Crippen LogP contribution in [0.5, 0.6) is 0 Å². The van der Waals surface area contributed by atoms with Gasteiger partial charge in [0.05, 0.1) is 4.90 Å². The summed E-state index contributed by atoms with van der Waals surface area (Å²) in [5.74, 6) is 0. The molecule has 0 saturated heterocycles. The van der Waals surface area contributed by atoms with Crippen LogP contribution < -0.4 is 15.8 Å². The van der Waals surface area contributed by atoms with Gasteiger partial charge in [0, 0.05) is 11.7 Å². The van der Waals surface area contributed by atoms with Crippen molar-refractivity contribution in [3.8, 4) is 0 Å². The van der Waals surface area contributed by atoms with E-state index in [1.807, 2.05) is 0 Å². The normalized spacial score (nSPS) is 15.7. The Morgan fingerprint density at radius 2 is 2.05 bits per heavy atom. The fourth-order valence-corrected chi connectivity index (χ4v) is 2.35. The summed E-state index contributed by atoms with van der Waals surface area (Å²) in [7, 11) is -3.77. The molecule has 0 radical (unpaired) electrons. The van der Waals surface area contributed by atoms with Crippen LogP contribution in [0.1, 0.15) is 24.8 Å². The number of hydrogen-bond acceptors (Lipinski definition) is 3. The third-order valence-electron chi connectivity index (χ3n) is 3.23. The van der Waals surface area contributed by atoms with Crippen molar-refractivity contribution in [3.05, 3.63) is 23.8 Å². The monoisotopic (exact) mass is 283 g/mol. The van der Waals surface area contributed by atoms with E-state index in [0.717, 1.165) is 24.8 Å². The summed E-state index contributed by atoms with van der Waals surface area (Å²) in [4.78, 5) is 11.7. The number of anilines is 1. The Kier molecular flexibility index (Phi) is 3.77. The van der Waals surface area contributed by atoms with E-state index in [1.165, 1.54) is 12.1 Å². The molecule has 0 aromatic heterocycles. The molecule has 0 atom stereocenters. The summed E-state index contributed by atoms with van der Waals surface area (Å²) in [5, 5.41) is 10.5. The minimum absolute atomic E-state index is 0.0166. The van der Waals surface area contributed by atoms with E-state index in [0.29, 0.717) is 5.69 Å². The van der Waals surface area contributed by atoms with E-state index in [2.05, 4.69) is 10.6 Å². The SMILES string of the molecule is Cc1ccc(S(N)(=O)=O)cc1NC(=O)NC1CCC1. The van der Waals surface area contributed by atoms with E-state index >= 15 is 0 Å². The molecule has 1 aromatic rings. The predicted molar refractivity (Wildman–Crippen MR) is 72.3 cm³/mol.